The highest BCUT2D eigenvalue weighted by Crippen LogP contribution is 2.30. The monoisotopic (exact) mass is 255 g/mol. The van der Waals surface area contributed by atoms with Crippen molar-refractivity contribution in [2.24, 2.45) is 5.92 Å². The van der Waals surface area contributed by atoms with Gasteiger partial charge >= 0.3 is 0 Å². The number of likely N-dealkylation sites (N-methyl/N-ethyl adjacent to an activating group) is 1. The van der Waals surface area contributed by atoms with E-state index in [0.29, 0.717) is 0 Å². The number of aliphatic hydroxyl groups is 1. The molecule has 2 aromatic carbocycles. The second-order valence-corrected chi connectivity index (χ2v) is 5.79. The largest absolute Gasteiger partial charge is 0.387 e. The fraction of sp³-hybridized carbons (Fsp3) is 0.412. The molecule has 0 saturated heterocycles. The van der Waals surface area contributed by atoms with Gasteiger partial charge in [-0.25, -0.2) is 0 Å². The molecule has 1 N–H and O–H groups in total. The van der Waals surface area contributed by atoms with Gasteiger partial charge in [0.05, 0.1) is 6.10 Å². The number of benzene rings is 2. The molecule has 0 aromatic heterocycles. The Morgan fingerprint density at radius 3 is 2.63 bits per heavy atom. The first-order valence-electron chi connectivity index (χ1n) is 7.07. The summed E-state index contributed by atoms with van der Waals surface area (Å²) in [6.07, 6.45) is 2.32. The zero-order valence-corrected chi connectivity index (χ0v) is 11.4. The van der Waals surface area contributed by atoms with E-state index in [9.17, 15) is 5.11 Å². The first-order chi connectivity index (χ1) is 9.22. The minimum atomic E-state index is -0.395. The van der Waals surface area contributed by atoms with Crippen molar-refractivity contribution in [3.8, 4) is 0 Å². The lowest BCUT2D eigenvalue weighted by atomic mass is 10.0. The van der Waals surface area contributed by atoms with E-state index < -0.39 is 6.10 Å². The van der Waals surface area contributed by atoms with Gasteiger partial charge in [0, 0.05) is 13.1 Å². The Morgan fingerprint density at radius 1 is 1.16 bits per heavy atom. The predicted octanol–water partition coefficient (Wildman–Crippen LogP) is 3.22. The average Bonchev–Trinajstić information content (AvgIpc) is 3.21. The molecule has 0 aliphatic heterocycles. The maximum atomic E-state index is 10.3. The van der Waals surface area contributed by atoms with Crippen LogP contribution >= 0.6 is 0 Å². The molecule has 100 valence electrons. The third-order valence-corrected chi connectivity index (χ3v) is 3.91. The molecule has 0 heterocycles. The van der Waals surface area contributed by atoms with Crippen LogP contribution in [0.15, 0.2) is 42.5 Å². The Kier molecular flexibility index (Phi) is 3.54. The summed E-state index contributed by atoms with van der Waals surface area (Å²) in [7, 11) is 2.10. The predicted molar refractivity (Wildman–Crippen MR) is 79.1 cm³/mol. The summed E-state index contributed by atoms with van der Waals surface area (Å²) in [5, 5.41) is 12.8. The molecular weight excluding hydrogens is 234 g/mol. The minimum Gasteiger partial charge on any atom is -0.387 e. The number of rotatable bonds is 5. The lowest BCUT2D eigenvalue weighted by Gasteiger charge is -2.20. The molecule has 1 aliphatic carbocycles. The molecule has 1 fully saturated rings. The molecule has 2 aromatic rings. The Morgan fingerprint density at radius 2 is 1.89 bits per heavy atom. The maximum absolute atomic E-state index is 10.3. The number of fused-ring (bicyclic) bond motifs is 1. The van der Waals surface area contributed by atoms with Crippen molar-refractivity contribution in [2.45, 2.75) is 18.9 Å². The smallest absolute Gasteiger partial charge is 0.0917 e. The van der Waals surface area contributed by atoms with Gasteiger partial charge in [-0.05, 0) is 48.2 Å². The molecule has 1 aliphatic rings. The number of nitrogens with zero attached hydrogens (tertiary/aromatic N) is 1. The Balaban J connectivity index is 1.71. The van der Waals surface area contributed by atoms with Gasteiger partial charge in [0.1, 0.15) is 0 Å². The molecule has 1 atom stereocenters. The van der Waals surface area contributed by atoms with E-state index in [-0.39, 0.29) is 0 Å². The van der Waals surface area contributed by atoms with E-state index in [1.807, 2.05) is 18.2 Å². The molecule has 3 rings (SSSR count). The van der Waals surface area contributed by atoms with Crippen LogP contribution < -0.4 is 0 Å². The Labute approximate surface area is 114 Å². The lowest BCUT2D eigenvalue weighted by Crippen LogP contribution is -2.26. The van der Waals surface area contributed by atoms with Crippen LogP contribution in [0.5, 0.6) is 0 Å². The average molecular weight is 255 g/mol. The summed E-state index contributed by atoms with van der Waals surface area (Å²) in [5.41, 5.74) is 1.02. The van der Waals surface area contributed by atoms with Crippen LogP contribution in [0.25, 0.3) is 10.8 Å². The highest BCUT2D eigenvalue weighted by molar-refractivity contribution is 5.83. The van der Waals surface area contributed by atoms with Gasteiger partial charge in [-0.3, -0.25) is 0 Å². The van der Waals surface area contributed by atoms with Crippen LogP contribution in [0.1, 0.15) is 24.5 Å². The summed E-state index contributed by atoms with van der Waals surface area (Å²) in [4.78, 5) is 2.25. The van der Waals surface area contributed by atoms with Crippen molar-refractivity contribution in [3.63, 3.8) is 0 Å². The summed E-state index contributed by atoms with van der Waals surface area (Å²) in [5.74, 6) is 0.869. The van der Waals surface area contributed by atoms with Gasteiger partial charge in [0.2, 0.25) is 0 Å². The molecule has 0 radical (unpaired) electrons. The fourth-order valence-electron chi connectivity index (χ4n) is 2.63. The third-order valence-electron chi connectivity index (χ3n) is 3.91. The third kappa shape index (κ3) is 3.14. The molecule has 0 amide bonds. The number of hydrogen-bond acceptors (Lipinski definition) is 2. The molecule has 0 bridgehead atoms. The quantitative estimate of drug-likeness (QED) is 0.886. The topological polar surface area (TPSA) is 23.5 Å². The van der Waals surface area contributed by atoms with Crippen LogP contribution in [0.4, 0.5) is 0 Å². The Bertz CT molecular complexity index is 562. The molecular formula is C17H21NO. The van der Waals surface area contributed by atoms with E-state index in [1.54, 1.807) is 0 Å². The van der Waals surface area contributed by atoms with E-state index in [2.05, 4.69) is 36.2 Å². The molecule has 1 unspecified atom stereocenters. The number of aliphatic hydroxyl groups excluding tert-OH is 1. The van der Waals surface area contributed by atoms with E-state index in [0.717, 1.165) is 24.6 Å². The Hall–Kier alpha value is -1.38. The van der Waals surface area contributed by atoms with Crippen molar-refractivity contribution in [3.05, 3.63) is 48.0 Å². The summed E-state index contributed by atoms with van der Waals surface area (Å²) in [6.45, 7) is 1.83. The first-order valence-corrected chi connectivity index (χ1v) is 7.07. The van der Waals surface area contributed by atoms with Crippen LogP contribution in [-0.2, 0) is 0 Å². The van der Waals surface area contributed by atoms with E-state index in [4.69, 9.17) is 0 Å². The van der Waals surface area contributed by atoms with Gasteiger partial charge in [-0.15, -0.1) is 0 Å². The SMILES string of the molecule is CN(CC1CC1)CC(O)c1ccc2ccccc2c1. The molecule has 19 heavy (non-hydrogen) atoms. The second-order valence-electron chi connectivity index (χ2n) is 5.79. The van der Waals surface area contributed by atoms with Crippen LogP contribution in [-0.4, -0.2) is 30.1 Å². The fourth-order valence-corrected chi connectivity index (χ4v) is 2.63. The van der Waals surface area contributed by atoms with Crippen molar-refractivity contribution < 1.29 is 5.11 Å². The lowest BCUT2D eigenvalue weighted by molar-refractivity contribution is 0.125. The van der Waals surface area contributed by atoms with E-state index in [1.165, 1.54) is 23.6 Å². The normalized spacial score (nSPS) is 17.0. The van der Waals surface area contributed by atoms with Gasteiger partial charge in [0.15, 0.2) is 0 Å². The van der Waals surface area contributed by atoms with Crippen molar-refractivity contribution in [1.82, 2.24) is 4.90 Å². The van der Waals surface area contributed by atoms with Crippen LogP contribution in [0, 0.1) is 5.92 Å². The van der Waals surface area contributed by atoms with Gasteiger partial charge < -0.3 is 10.0 Å². The first kappa shape index (κ1) is 12.6. The summed E-state index contributed by atoms with van der Waals surface area (Å²) < 4.78 is 0. The van der Waals surface area contributed by atoms with Gasteiger partial charge in [-0.2, -0.15) is 0 Å². The highest BCUT2D eigenvalue weighted by atomic mass is 16.3. The maximum Gasteiger partial charge on any atom is 0.0917 e. The van der Waals surface area contributed by atoms with E-state index >= 15 is 0 Å². The molecule has 2 heteroatoms. The number of hydrogen-bond donors (Lipinski definition) is 1. The highest BCUT2D eigenvalue weighted by Gasteiger charge is 2.23. The van der Waals surface area contributed by atoms with Crippen LogP contribution in [0.2, 0.25) is 0 Å². The zero-order valence-electron chi connectivity index (χ0n) is 11.4. The standard InChI is InChI=1S/C17H21NO/c1-18(11-13-6-7-13)12-17(19)16-9-8-14-4-2-3-5-15(14)10-16/h2-5,8-10,13,17,19H,6-7,11-12H2,1H3. The zero-order chi connectivity index (χ0) is 13.2. The van der Waals surface area contributed by atoms with Gasteiger partial charge in [-0.1, -0.05) is 36.4 Å². The summed E-state index contributed by atoms with van der Waals surface area (Å²) in [6, 6.07) is 14.5. The molecule has 1 saturated carbocycles. The second kappa shape index (κ2) is 5.32. The molecule has 2 nitrogen and oxygen atoms in total. The van der Waals surface area contributed by atoms with Crippen LogP contribution in [0.3, 0.4) is 0 Å². The molecule has 0 spiro atoms. The van der Waals surface area contributed by atoms with Crippen molar-refractivity contribution in [2.75, 3.05) is 20.1 Å². The summed E-state index contributed by atoms with van der Waals surface area (Å²) >= 11 is 0. The van der Waals surface area contributed by atoms with Gasteiger partial charge in [0.25, 0.3) is 0 Å². The van der Waals surface area contributed by atoms with Crippen molar-refractivity contribution in [1.29, 1.82) is 0 Å². The minimum absolute atomic E-state index is 0.395. The van der Waals surface area contributed by atoms with Crippen molar-refractivity contribution >= 4 is 10.8 Å².